The van der Waals surface area contributed by atoms with Gasteiger partial charge in [-0.25, -0.2) is 4.79 Å². The molecular formula is C10H10N2O3S. The number of rotatable bonds is 2. The van der Waals surface area contributed by atoms with E-state index in [0.29, 0.717) is 11.7 Å². The molecule has 0 bridgehead atoms. The molecule has 1 fully saturated rings. The summed E-state index contributed by atoms with van der Waals surface area (Å²) in [6.07, 6.45) is 2.19. The van der Waals surface area contributed by atoms with Crippen molar-refractivity contribution < 1.29 is 14.7 Å². The quantitative estimate of drug-likeness (QED) is 0.729. The second-order valence-corrected chi connectivity index (χ2v) is 5.28. The number of fused-ring (bicyclic) bond motifs is 1. The zero-order chi connectivity index (χ0) is 11.3. The highest BCUT2D eigenvalue weighted by Gasteiger charge is 2.40. The molecule has 0 spiro atoms. The molecule has 0 saturated heterocycles. The molecule has 0 aromatic carbocycles. The Morgan fingerprint density at radius 1 is 1.50 bits per heavy atom. The predicted molar refractivity (Wildman–Crippen MR) is 58.8 cm³/mol. The summed E-state index contributed by atoms with van der Waals surface area (Å²) in [6.45, 7) is 0. The number of nitrogens with one attached hydrogen (secondary N) is 2. The highest BCUT2D eigenvalue weighted by molar-refractivity contribution is 8.01. The fraction of sp³-hybridized carbons (Fsp3) is 0.400. The Bertz CT molecular complexity index is 478. The first kappa shape index (κ1) is 9.77. The van der Waals surface area contributed by atoms with Crippen LogP contribution in [-0.2, 0) is 4.79 Å². The molecule has 1 aliphatic carbocycles. The van der Waals surface area contributed by atoms with Crippen molar-refractivity contribution in [2.24, 2.45) is 5.92 Å². The van der Waals surface area contributed by atoms with Crippen molar-refractivity contribution in [3.63, 3.8) is 0 Å². The van der Waals surface area contributed by atoms with Crippen molar-refractivity contribution in [1.29, 1.82) is 0 Å². The molecule has 1 atom stereocenters. The fourth-order valence-electron chi connectivity index (χ4n) is 1.83. The van der Waals surface area contributed by atoms with Gasteiger partial charge in [0.15, 0.2) is 0 Å². The number of anilines is 1. The molecule has 1 aromatic rings. The van der Waals surface area contributed by atoms with E-state index in [4.69, 9.17) is 5.11 Å². The lowest BCUT2D eigenvalue weighted by Gasteiger charge is -2.20. The third-order valence-electron chi connectivity index (χ3n) is 2.82. The maximum absolute atomic E-state index is 11.7. The lowest BCUT2D eigenvalue weighted by atomic mass is 10.2. The van der Waals surface area contributed by atoms with Gasteiger partial charge in [-0.3, -0.25) is 4.79 Å². The highest BCUT2D eigenvalue weighted by atomic mass is 32.2. The summed E-state index contributed by atoms with van der Waals surface area (Å²) in [5, 5.41) is 11.5. The summed E-state index contributed by atoms with van der Waals surface area (Å²) >= 11 is 1.47. The van der Waals surface area contributed by atoms with Crippen LogP contribution in [-0.4, -0.2) is 27.2 Å². The van der Waals surface area contributed by atoms with Crippen LogP contribution in [0.25, 0.3) is 0 Å². The van der Waals surface area contributed by atoms with Crippen LogP contribution in [0.15, 0.2) is 11.0 Å². The number of aromatic nitrogens is 1. The van der Waals surface area contributed by atoms with Crippen LogP contribution >= 0.6 is 11.8 Å². The smallest absolute Gasteiger partial charge is 0.352 e. The SMILES string of the molecule is O=C(O)c1cc2c([nH]1)NC(=O)C(C1CC1)S2. The van der Waals surface area contributed by atoms with Crippen molar-refractivity contribution in [2.75, 3.05) is 5.32 Å². The lowest BCUT2D eigenvalue weighted by molar-refractivity contribution is -0.116. The van der Waals surface area contributed by atoms with E-state index in [1.807, 2.05) is 0 Å². The number of carboxylic acids is 1. The van der Waals surface area contributed by atoms with E-state index in [1.54, 1.807) is 6.07 Å². The number of carbonyl (C=O) groups excluding carboxylic acids is 1. The van der Waals surface area contributed by atoms with Gasteiger partial charge < -0.3 is 15.4 Å². The molecule has 1 saturated carbocycles. The first-order valence-electron chi connectivity index (χ1n) is 5.09. The molecule has 16 heavy (non-hydrogen) atoms. The summed E-state index contributed by atoms with van der Waals surface area (Å²) in [5.74, 6) is -0.0448. The predicted octanol–water partition coefficient (Wildman–Crippen LogP) is 1.54. The van der Waals surface area contributed by atoms with Crippen LogP contribution in [0, 0.1) is 5.92 Å². The molecule has 5 nitrogen and oxygen atoms in total. The van der Waals surface area contributed by atoms with Crippen LogP contribution < -0.4 is 5.32 Å². The second kappa shape index (κ2) is 3.28. The zero-order valence-electron chi connectivity index (χ0n) is 8.32. The van der Waals surface area contributed by atoms with E-state index < -0.39 is 5.97 Å². The standard InChI is InChI=1S/C10H10N2O3S/c13-9-7(4-1-2-4)16-6-3-5(10(14)15)11-8(6)12-9/h3-4,7,11H,1-2H2,(H,12,13)(H,14,15). The van der Waals surface area contributed by atoms with Crippen LogP contribution in [0.2, 0.25) is 0 Å². The molecular weight excluding hydrogens is 228 g/mol. The molecule has 1 aliphatic heterocycles. The Morgan fingerprint density at radius 3 is 2.88 bits per heavy atom. The van der Waals surface area contributed by atoms with Gasteiger partial charge in [-0.05, 0) is 24.8 Å². The van der Waals surface area contributed by atoms with Gasteiger partial charge in [-0.2, -0.15) is 0 Å². The van der Waals surface area contributed by atoms with Crippen molar-refractivity contribution in [3.8, 4) is 0 Å². The number of H-pyrrole nitrogens is 1. The third-order valence-corrected chi connectivity index (χ3v) is 4.25. The molecule has 84 valence electrons. The molecule has 3 rings (SSSR count). The summed E-state index contributed by atoms with van der Waals surface area (Å²) in [5.41, 5.74) is 0.120. The maximum atomic E-state index is 11.7. The van der Waals surface area contributed by atoms with Gasteiger partial charge in [0.05, 0.1) is 10.1 Å². The minimum absolute atomic E-state index is 0.0150. The molecule has 1 amide bonds. The number of amides is 1. The molecule has 0 radical (unpaired) electrons. The van der Waals surface area contributed by atoms with E-state index in [9.17, 15) is 9.59 Å². The number of aromatic carboxylic acids is 1. The molecule has 6 heteroatoms. The molecule has 2 heterocycles. The number of aromatic amines is 1. The number of hydrogen-bond acceptors (Lipinski definition) is 3. The van der Waals surface area contributed by atoms with Crippen LogP contribution in [0.4, 0.5) is 5.82 Å². The van der Waals surface area contributed by atoms with Gasteiger partial charge in [0.1, 0.15) is 11.5 Å². The average Bonchev–Trinajstić information content (AvgIpc) is 2.97. The minimum Gasteiger partial charge on any atom is -0.477 e. The second-order valence-electron chi connectivity index (χ2n) is 4.09. The lowest BCUT2D eigenvalue weighted by Crippen LogP contribution is -2.30. The summed E-state index contributed by atoms with van der Waals surface area (Å²) in [4.78, 5) is 26.0. The van der Waals surface area contributed by atoms with Crippen molar-refractivity contribution in [1.82, 2.24) is 4.98 Å². The Balaban J connectivity index is 1.92. The van der Waals surface area contributed by atoms with Crippen LogP contribution in [0.5, 0.6) is 0 Å². The number of carbonyl (C=O) groups is 2. The van der Waals surface area contributed by atoms with E-state index in [2.05, 4.69) is 10.3 Å². The fourth-order valence-corrected chi connectivity index (χ4v) is 3.14. The number of thioether (sulfide) groups is 1. The van der Waals surface area contributed by atoms with Crippen molar-refractivity contribution in [2.45, 2.75) is 23.0 Å². The first-order chi connectivity index (χ1) is 7.65. The summed E-state index contributed by atoms with van der Waals surface area (Å²) in [6, 6.07) is 1.58. The van der Waals surface area contributed by atoms with Gasteiger partial charge in [-0.1, -0.05) is 0 Å². The van der Waals surface area contributed by atoms with E-state index in [1.165, 1.54) is 11.8 Å². The molecule has 1 aromatic heterocycles. The monoisotopic (exact) mass is 238 g/mol. The molecule has 3 N–H and O–H groups in total. The molecule has 1 unspecified atom stereocenters. The summed E-state index contributed by atoms with van der Waals surface area (Å²) in [7, 11) is 0. The van der Waals surface area contributed by atoms with Crippen LogP contribution in [0.1, 0.15) is 23.3 Å². The minimum atomic E-state index is -1.01. The first-order valence-corrected chi connectivity index (χ1v) is 5.97. The highest BCUT2D eigenvalue weighted by Crippen LogP contribution is 2.46. The van der Waals surface area contributed by atoms with Crippen molar-refractivity contribution >= 4 is 29.5 Å². The maximum Gasteiger partial charge on any atom is 0.352 e. The third kappa shape index (κ3) is 1.49. The zero-order valence-corrected chi connectivity index (χ0v) is 9.13. The Kier molecular flexibility index (Phi) is 2.00. The molecule has 2 aliphatic rings. The normalized spacial score (nSPS) is 23.8. The van der Waals surface area contributed by atoms with E-state index in [0.717, 1.165) is 17.7 Å². The van der Waals surface area contributed by atoms with E-state index >= 15 is 0 Å². The van der Waals surface area contributed by atoms with Crippen molar-refractivity contribution in [3.05, 3.63) is 11.8 Å². The largest absolute Gasteiger partial charge is 0.477 e. The summed E-state index contributed by atoms with van der Waals surface area (Å²) < 4.78 is 0. The topological polar surface area (TPSA) is 82.2 Å². The number of hydrogen-bond donors (Lipinski definition) is 3. The Morgan fingerprint density at radius 2 is 2.25 bits per heavy atom. The van der Waals surface area contributed by atoms with Gasteiger partial charge >= 0.3 is 5.97 Å². The van der Waals surface area contributed by atoms with Gasteiger partial charge in [0, 0.05) is 0 Å². The average molecular weight is 238 g/mol. The van der Waals surface area contributed by atoms with Crippen LogP contribution in [0.3, 0.4) is 0 Å². The van der Waals surface area contributed by atoms with E-state index in [-0.39, 0.29) is 16.9 Å². The number of carboxylic acid groups (broad SMARTS) is 1. The van der Waals surface area contributed by atoms with Gasteiger partial charge in [0.25, 0.3) is 0 Å². The Labute approximate surface area is 95.6 Å². The van der Waals surface area contributed by atoms with Gasteiger partial charge in [0.2, 0.25) is 5.91 Å². The van der Waals surface area contributed by atoms with Gasteiger partial charge in [-0.15, -0.1) is 11.8 Å². The Hall–Kier alpha value is -1.43.